The van der Waals surface area contributed by atoms with Crippen LogP contribution < -0.4 is 20.4 Å². The minimum atomic E-state index is -0.0629. The van der Waals surface area contributed by atoms with E-state index >= 15 is 0 Å². The van der Waals surface area contributed by atoms with Gasteiger partial charge in [-0.1, -0.05) is 0 Å². The van der Waals surface area contributed by atoms with Crippen molar-refractivity contribution >= 4 is 29.0 Å². The van der Waals surface area contributed by atoms with E-state index in [0.717, 1.165) is 81.3 Å². The number of piperazine rings is 1. The summed E-state index contributed by atoms with van der Waals surface area (Å²) in [7, 11) is 1.64. The first-order valence-electron chi connectivity index (χ1n) is 11.5. The summed E-state index contributed by atoms with van der Waals surface area (Å²) < 4.78 is 0. The Labute approximate surface area is 188 Å². The summed E-state index contributed by atoms with van der Waals surface area (Å²) in [6, 6.07) is 9.82. The van der Waals surface area contributed by atoms with Crippen LogP contribution in [0.5, 0.6) is 0 Å². The Hall–Kier alpha value is -3.13. The van der Waals surface area contributed by atoms with Crippen molar-refractivity contribution in [3.8, 4) is 0 Å². The van der Waals surface area contributed by atoms with E-state index in [4.69, 9.17) is 4.98 Å². The molecule has 2 saturated heterocycles. The van der Waals surface area contributed by atoms with E-state index < -0.39 is 0 Å². The number of rotatable bonds is 4. The van der Waals surface area contributed by atoms with Gasteiger partial charge in [0.25, 0.3) is 5.91 Å². The zero-order valence-corrected chi connectivity index (χ0v) is 18.5. The van der Waals surface area contributed by atoms with Gasteiger partial charge in [0.05, 0.1) is 5.69 Å². The molecule has 2 N–H and O–H groups in total. The van der Waals surface area contributed by atoms with Gasteiger partial charge in [-0.25, -0.2) is 4.98 Å². The summed E-state index contributed by atoms with van der Waals surface area (Å²) in [5, 5.41) is 5.74. The molecule has 8 nitrogen and oxygen atoms in total. The fourth-order valence-electron chi connectivity index (χ4n) is 4.97. The molecule has 2 amide bonds. The molecule has 1 aromatic heterocycles. The van der Waals surface area contributed by atoms with Crippen LogP contribution in [0.2, 0.25) is 0 Å². The van der Waals surface area contributed by atoms with Crippen molar-refractivity contribution in [1.82, 2.24) is 15.2 Å². The molecule has 2 aromatic rings. The Morgan fingerprint density at radius 1 is 1.12 bits per heavy atom. The van der Waals surface area contributed by atoms with Crippen LogP contribution in [-0.2, 0) is 11.3 Å². The number of carbonyl (C=O) groups is 2. The van der Waals surface area contributed by atoms with E-state index in [2.05, 4.69) is 31.4 Å². The van der Waals surface area contributed by atoms with Crippen molar-refractivity contribution in [3.05, 3.63) is 47.7 Å². The summed E-state index contributed by atoms with van der Waals surface area (Å²) >= 11 is 0. The molecule has 2 fully saturated rings. The average Bonchev–Trinajstić information content (AvgIpc) is 2.84. The van der Waals surface area contributed by atoms with Crippen molar-refractivity contribution in [2.75, 3.05) is 54.9 Å². The molecule has 0 aliphatic carbocycles. The predicted octanol–water partition coefficient (Wildman–Crippen LogP) is 2.07. The van der Waals surface area contributed by atoms with Crippen molar-refractivity contribution < 1.29 is 9.59 Å². The maximum absolute atomic E-state index is 12.5. The number of hydrogen-bond donors (Lipinski definition) is 2. The number of nitrogens with zero attached hydrogens (tertiary/aromatic N) is 4. The Kier molecular flexibility index (Phi) is 5.70. The lowest BCUT2D eigenvalue weighted by Crippen LogP contribution is -2.51. The number of pyridine rings is 1. The lowest BCUT2D eigenvalue weighted by atomic mass is 9.99. The molecule has 1 aromatic carbocycles. The van der Waals surface area contributed by atoms with Crippen LogP contribution in [0.1, 0.15) is 35.2 Å². The monoisotopic (exact) mass is 434 g/mol. The third-order valence-electron chi connectivity index (χ3n) is 6.76. The number of carbonyl (C=O) groups excluding carboxylic acids is 2. The van der Waals surface area contributed by atoms with Gasteiger partial charge >= 0.3 is 0 Å². The Morgan fingerprint density at radius 3 is 2.66 bits per heavy atom. The number of nitrogens with one attached hydrogen (secondary N) is 2. The van der Waals surface area contributed by atoms with Crippen LogP contribution in [0.25, 0.3) is 0 Å². The van der Waals surface area contributed by atoms with Crippen LogP contribution in [0.3, 0.4) is 0 Å². The van der Waals surface area contributed by atoms with E-state index in [9.17, 15) is 9.59 Å². The number of anilines is 3. The standard InChI is InChI=1S/C24H30N6O2/c1-25-23(31)18-5-7-19(8-6-18)29-12-10-28(11-13-29)16-17-14-20-22(26-15-17)30-9-3-2-4-21(30)24(32)27-20/h5-8,14-15,21H,2-4,9-13,16H2,1H3,(H,25,31)(H,27,32)/t21-/m0/s1. The van der Waals surface area contributed by atoms with E-state index in [1.54, 1.807) is 7.05 Å². The molecule has 32 heavy (non-hydrogen) atoms. The first kappa shape index (κ1) is 20.8. The Balaban J connectivity index is 1.20. The van der Waals surface area contributed by atoms with Gasteiger partial charge in [-0.05, 0) is 55.2 Å². The third kappa shape index (κ3) is 4.02. The number of fused-ring (bicyclic) bond motifs is 3. The van der Waals surface area contributed by atoms with Gasteiger partial charge in [0.2, 0.25) is 5.91 Å². The second-order valence-electron chi connectivity index (χ2n) is 8.80. The number of amides is 2. The highest BCUT2D eigenvalue weighted by Gasteiger charge is 2.35. The lowest BCUT2D eigenvalue weighted by molar-refractivity contribution is -0.118. The van der Waals surface area contributed by atoms with E-state index in [0.29, 0.717) is 5.56 Å². The third-order valence-corrected chi connectivity index (χ3v) is 6.76. The molecular weight excluding hydrogens is 404 g/mol. The normalized spacial score (nSPS) is 20.9. The molecule has 0 spiro atoms. The maximum Gasteiger partial charge on any atom is 0.251 e. The van der Waals surface area contributed by atoms with Gasteiger partial charge in [0, 0.05) is 63.8 Å². The van der Waals surface area contributed by atoms with Crippen LogP contribution in [0, 0.1) is 0 Å². The van der Waals surface area contributed by atoms with E-state index in [1.165, 1.54) is 0 Å². The fraction of sp³-hybridized carbons (Fsp3) is 0.458. The molecule has 0 saturated carbocycles. The molecule has 0 unspecified atom stereocenters. The SMILES string of the molecule is CNC(=O)c1ccc(N2CCN(Cc3cnc4c(c3)NC(=O)[C@@H]3CCCCN43)CC2)cc1. The molecule has 3 aliphatic rings. The summed E-state index contributed by atoms with van der Waals surface area (Å²) in [5.41, 5.74) is 3.80. The topological polar surface area (TPSA) is 80.8 Å². The summed E-state index contributed by atoms with van der Waals surface area (Å²) in [6.45, 7) is 5.50. The van der Waals surface area contributed by atoms with E-state index in [1.807, 2.05) is 30.5 Å². The van der Waals surface area contributed by atoms with Gasteiger partial charge in [0.15, 0.2) is 5.82 Å². The zero-order chi connectivity index (χ0) is 22.1. The molecule has 5 rings (SSSR count). The van der Waals surface area contributed by atoms with Gasteiger partial charge in [-0.3, -0.25) is 14.5 Å². The molecule has 8 heteroatoms. The van der Waals surface area contributed by atoms with Crippen LogP contribution in [0.15, 0.2) is 36.5 Å². The Bertz CT molecular complexity index is 1000. The van der Waals surface area contributed by atoms with Crippen LogP contribution in [-0.4, -0.2) is 67.5 Å². The highest BCUT2D eigenvalue weighted by Crippen LogP contribution is 2.34. The number of hydrogen-bond acceptors (Lipinski definition) is 6. The highest BCUT2D eigenvalue weighted by molar-refractivity contribution is 6.03. The molecule has 168 valence electrons. The molecule has 4 heterocycles. The number of piperidine rings is 1. The quantitative estimate of drug-likeness (QED) is 0.767. The Morgan fingerprint density at radius 2 is 1.91 bits per heavy atom. The average molecular weight is 435 g/mol. The molecule has 1 atom stereocenters. The fourth-order valence-corrected chi connectivity index (χ4v) is 4.97. The molecule has 0 bridgehead atoms. The lowest BCUT2D eigenvalue weighted by Gasteiger charge is -2.40. The largest absolute Gasteiger partial charge is 0.369 e. The van der Waals surface area contributed by atoms with Gasteiger partial charge < -0.3 is 20.4 Å². The van der Waals surface area contributed by atoms with Crippen LogP contribution >= 0.6 is 0 Å². The molecule has 3 aliphatic heterocycles. The van der Waals surface area contributed by atoms with Crippen molar-refractivity contribution in [2.24, 2.45) is 0 Å². The van der Waals surface area contributed by atoms with Crippen molar-refractivity contribution in [3.63, 3.8) is 0 Å². The second-order valence-corrected chi connectivity index (χ2v) is 8.80. The van der Waals surface area contributed by atoms with Crippen LogP contribution in [0.4, 0.5) is 17.2 Å². The second kappa shape index (κ2) is 8.78. The minimum Gasteiger partial charge on any atom is -0.369 e. The zero-order valence-electron chi connectivity index (χ0n) is 18.5. The first-order chi connectivity index (χ1) is 15.6. The molecular formula is C24H30N6O2. The minimum absolute atomic E-state index is 0.0619. The molecule has 0 radical (unpaired) electrons. The summed E-state index contributed by atoms with van der Waals surface area (Å²) in [5.74, 6) is 0.960. The van der Waals surface area contributed by atoms with E-state index in [-0.39, 0.29) is 17.9 Å². The van der Waals surface area contributed by atoms with Gasteiger partial charge in [-0.15, -0.1) is 0 Å². The summed E-state index contributed by atoms with van der Waals surface area (Å²) in [4.78, 5) is 35.9. The predicted molar refractivity (Wildman–Crippen MR) is 125 cm³/mol. The van der Waals surface area contributed by atoms with Crippen molar-refractivity contribution in [2.45, 2.75) is 31.8 Å². The van der Waals surface area contributed by atoms with Crippen molar-refractivity contribution in [1.29, 1.82) is 0 Å². The number of benzene rings is 1. The summed E-state index contributed by atoms with van der Waals surface area (Å²) in [6.07, 6.45) is 5.09. The first-order valence-corrected chi connectivity index (χ1v) is 11.5. The van der Waals surface area contributed by atoms with Gasteiger partial charge in [-0.2, -0.15) is 0 Å². The number of aromatic nitrogens is 1. The maximum atomic E-state index is 12.5. The highest BCUT2D eigenvalue weighted by atomic mass is 16.2. The smallest absolute Gasteiger partial charge is 0.251 e. The van der Waals surface area contributed by atoms with Gasteiger partial charge in [0.1, 0.15) is 6.04 Å².